The lowest BCUT2D eigenvalue weighted by Crippen LogP contribution is -2.08. The minimum atomic E-state index is -0.159. The van der Waals surface area contributed by atoms with Gasteiger partial charge in [0.05, 0.1) is 41.4 Å². The molecule has 4 rings (SSSR count). The molecule has 8 heteroatoms. The van der Waals surface area contributed by atoms with Crippen LogP contribution in [0.2, 0.25) is 0 Å². The van der Waals surface area contributed by atoms with E-state index in [1.54, 1.807) is 22.7 Å². The summed E-state index contributed by atoms with van der Waals surface area (Å²) in [5.41, 5.74) is 2.43. The van der Waals surface area contributed by atoms with Gasteiger partial charge in [0.25, 0.3) is 0 Å². The van der Waals surface area contributed by atoms with Gasteiger partial charge in [-0.05, 0) is 62.5 Å². The van der Waals surface area contributed by atoms with Crippen LogP contribution in [-0.4, -0.2) is 25.2 Å². The van der Waals surface area contributed by atoms with Gasteiger partial charge in [-0.3, -0.25) is 0 Å². The van der Waals surface area contributed by atoms with Crippen molar-refractivity contribution in [3.63, 3.8) is 0 Å². The van der Waals surface area contributed by atoms with Crippen molar-refractivity contribution in [3.05, 3.63) is 20.9 Å². The van der Waals surface area contributed by atoms with E-state index in [9.17, 15) is 9.59 Å². The zero-order valence-corrected chi connectivity index (χ0v) is 40.9. The molecule has 0 aliphatic heterocycles. The van der Waals surface area contributed by atoms with Crippen LogP contribution in [0.5, 0.6) is 0 Å². The van der Waals surface area contributed by atoms with Gasteiger partial charge in [-0.1, -0.05) is 182 Å². The summed E-state index contributed by atoms with van der Waals surface area (Å²) in [5.74, 6) is 1.08. The fourth-order valence-corrected chi connectivity index (χ4v) is 14.9. The van der Waals surface area contributed by atoms with E-state index in [4.69, 9.17) is 9.47 Å². The molecule has 0 saturated heterocycles. The second-order valence-corrected chi connectivity index (χ2v) is 21.1. The van der Waals surface area contributed by atoms with Crippen molar-refractivity contribution in [1.29, 1.82) is 0 Å². The van der Waals surface area contributed by atoms with E-state index >= 15 is 0 Å². The highest BCUT2D eigenvalue weighted by Crippen LogP contribution is 2.53. The molecule has 58 heavy (non-hydrogen) atoms. The maximum atomic E-state index is 13.6. The molecule has 4 aromatic rings. The summed E-state index contributed by atoms with van der Waals surface area (Å²) in [5, 5.41) is 0. The quantitative estimate of drug-likeness (QED) is 0.0347. The third-order valence-corrected chi connectivity index (χ3v) is 18.0. The molecule has 4 nitrogen and oxygen atoms in total. The first-order valence-corrected chi connectivity index (χ1v) is 27.4. The van der Waals surface area contributed by atoms with Gasteiger partial charge in [0.2, 0.25) is 0 Å². The Kier molecular flexibility index (Phi) is 23.9. The number of hydrogen-bond donors (Lipinski definition) is 0. The van der Waals surface area contributed by atoms with Crippen molar-refractivity contribution in [1.82, 2.24) is 0 Å². The number of unbranched alkanes of at least 4 members (excludes halogenated alkanes) is 16. The number of carbonyl (C=O) groups excluding carboxylic acids is 2. The molecule has 0 aliphatic carbocycles. The monoisotopic (exact) mass is 872 g/mol. The van der Waals surface area contributed by atoms with Crippen LogP contribution < -0.4 is 0 Å². The van der Waals surface area contributed by atoms with E-state index in [1.165, 1.54) is 193 Å². The number of thiophene rings is 4. The van der Waals surface area contributed by atoms with Crippen molar-refractivity contribution >= 4 is 85.5 Å². The molecule has 2 unspecified atom stereocenters. The molecule has 0 aliphatic rings. The molecule has 2 atom stereocenters. The average Bonchev–Trinajstić information content (AvgIpc) is 3.96. The van der Waals surface area contributed by atoms with E-state index in [1.807, 2.05) is 36.5 Å². The third kappa shape index (κ3) is 14.9. The molecule has 0 saturated carbocycles. The Labute approximate surface area is 369 Å². The van der Waals surface area contributed by atoms with Crippen molar-refractivity contribution < 1.29 is 19.1 Å². The number of aryl methyl sites for hydroxylation is 2. The Morgan fingerprint density at radius 2 is 0.672 bits per heavy atom. The number of fused-ring (bicyclic) bond motifs is 5. The predicted octanol–water partition coefficient (Wildman–Crippen LogP) is 18.3. The Hall–Kier alpha value is -1.48. The van der Waals surface area contributed by atoms with Crippen LogP contribution in [0.4, 0.5) is 0 Å². The minimum Gasteiger partial charge on any atom is -0.462 e. The first-order chi connectivity index (χ1) is 28.4. The van der Waals surface area contributed by atoms with E-state index < -0.39 is 0 Å². The number of ether oxygens (including phenoxy) is 2. The van der Waals surface area contributed by atoms with E-state index in [-0.39, 0.29) is 11.9 Å². The summed E-state index contributed by atoms with van der Waals surface area (Å²) in [6.07, 6.45) is 35.8. The summed E-state index contributed by atoms with van der Waals surface area (Å²) >= 11 is 7.05. The lowest BCUT2D eigenvalue weighted by Gasteiger charge is -2.17. The maximum Gasteiger partial charge on any atom is 0.348 e. The highest BCUT2D eigenvalue weighted by molar-refractivity contribution is 7.45. The maximum absolute atomic E-state index is 13.6. The zero-order chi connectivity index (χ0) is 41.5. The molecule has 0 aromatic carbocycles. The van der Waals surface area contributed by atoms with Gasteiger partial charge in [0, 0.05) is 0 Å². The van der Waals surface area contributed by atoms with Crippen LogP contribution in [0.15, 0.2) is 0 Å². The molecule has 0 bridgehead atoms. The van der Waals surface area contributed by atoms with Crippen molar-refractivity contribution in [2.75, 3.05) is 13.2 Å². The smallest absolute Gasteiger partial charge is 0.348 e. The van der Waals surface area contributed by atoms with Crippen LogP contribution in [0.25, 0.3) is 28.2 Å². The van der Waals surface area contributed by atoms with E-state index in [2.05, 4.69) is 27.7 Å². The molecule has 4 heterocycles. The fraction of sp³-hybridized carbons (Fsp3) is 0.760. The SMILES string of the molecule is CCCCCCCCC(CCCCCC)CCc1c(C(=O)OCC)sc2c1sc1c3sc(C(=O)OCC)c(CCC(CCCCCC)CCCCCCCC)c3sc21. The molecule has 0 fully saturated rings. The van der Waals surface area contributed by atoms with Gasteiger partial charge < -0.3 is 9.47 Å². The van der Waals surface area contributed by atoms with Crippen LogP contribution >= 0.6 is 45.3 Å². The molecule has 0 amide bonds. The Morgan fingerprint density at radius 3 is 1.00 bits per heavy atom. The van der Waals surface area contributed by atoms with Crippen LogP contribution in [-0.2, 0) is 22.3 Å². The molecule has 4 aromatic heterocycles. The number of rotatable bonds is 34. The van der Waals surface area contributed by atoms with E-state index in [0.717, 1.165) is 35.4 Å². The summed E-state index contributed by atoms with van der Waals surface area (Å²) in [6.45, 7) is 13.8. The Balaban J connectivity index is 1.63. The molecular formula is C50H80O4S4. The largest absolute Gasteiger partial charge is 0.462 e. The van der Waals surface area contributed by atoms with Crippen molar-refractivity contribution in [2.45, 2.75) is 221 Å². The lowest BCUT2D eigenvalue weighted by atomic mass is 9.89. The standard InChI is InChI=1S/C50H80O4S4/c1-7-13-17-21-23-27-31-37(29-25-19-15-9-3)33-35-39-41-45(57-43(39)49(51)53-11-5)47-48(55-41)46-42(56-47)40(44(58-46)50(52)54-12-6)36-34-38(30-26-20-16-10-4)32-28-24-22-18-14-8-2/h37-38H,7-36H2,1-6H3. The highest BCUT2D eigenvalue weighted by Gasteiger charge is 2.29. The molecular weight excluding hydrogens is 793 g/mol. The summed E-state index contributed by atoms with van der Waals surface area (Å²) in [7, 11) is 0. The van der Waals surface area contributed by atoms with Gasteiger partial charge in [-0.2, -0.15) is 0 Å². The second kappa shape index (κ2) is 28.2. The lowest BCUT2D eigenvalue weighted by molar-refractivity contribution is 0.0521. The Morgan fingerprint density at radius 1 is 0.379 bits per heavy atom. The minimum absolute atomic E-state index is 0.159. The number of carbonyl (C=O) groups is 2. The van der Waals surface area contributed by atoms with Crippen LogP contribution in [0, 0.1) is 11.8 Å². The zero-order valence-electron chi connectivity index (χ0n) is 37.6. The first-order valence-electron chi connectivity index (χ1n) is 24.2. The normalized spacial score (nSPS) is 13.0. The summed E-state index contributed by atoms with van der Waals surface area (Å²) in [4.78, 5) is 28.8. The van der Waals surface area contributed by atoms with Crippen molar-refractivity contribution in [3.8, 4) is 0 Å². The van der Waals surface area contributed by atoms with Crippen molar-refractivity contribution in [2.24, 2.45) is 11.8 Å². The number of hydrogen-bond acceptors (Lipinski definition) is 8. The van der Waals surface area contributed by atoms with Gasteiger partial charge in [0.15, 0.2) is 0 Å². The molecule has 0 radical (unpaired) electrons. The average molecular weight is 873 g/mol. The summed E-state index contributed by atoms with van der Waals surface area (Å²) < 4.78 is 19.0. The van der Waals surface area contributed by atoms with E-state index in [0.29, 0.717) is 25.0 Å². The van der Waals surface area contributed by atoms with Gasteiger partial charge in [0.1, 0.15) is 9.75 Å². The van der Waals surface area contributed by atoms with Gasteiger partial charge >= 0.3 is 11.9 Å². The Bertz CT molecular complexity index is 1610. The summed E-state index contributed by atoms with van der Waals surface area (Å²) in [6, 6.07) is 0. The second-order valence-electron chi connectivity index (χ2n) is 17.1. The first kappa shape index (κ1) is 49.2. The number of esters is 2. The van der Waals surface area contributed by atoms with Gasteiger partial charge in [-0.15, -0.1) is 45.3 Å². The fourth-order valence-electron chi connectivity index (χ4n) is 8.90. The molecule has 0 spiro atoms. The third-order valence-electron chi connectivity index (χ3n) is 12.3. The topological polar surface area (TPSA) is 52.6 Å². The highest BCUT2D eigenvalue weighted by atomic mass is 32.1. The molecule has 328 valence electrons. The predicted molar refractivity (Wildman–Crippen MR) is 260 cm³/mol. The van der Waals surface area contributed by atoms with Crippen LogP contribution in [0.1, 0.15) is 239 Å². The molecule has 0 N–H and O–H groups in total. The van der Waals surface area contributed by atoms with Crippen LogP contribution in [0.3, 0.4) is 0 Å². The van der Waals surface area contributed by atoms with Gasteiger partial charge in [-0.25, -0.2) is 9.59 Å².